The highest BCUT2D eigenvalue weighted by Crippen LogP contribution is 2.03. The number of hydrogen-bond donors (Lipinski definition) is 0. The van der Waals surface area contributed by atoms with E-state index in [9.17, 15) is 9.59 Å². The minimum Gasteiger partial charge on any atom is -0.469 e. The van der Waals surface area contributed by atoms with E-state index in [0.29, 0.717) is 13.2 Å². The smallest absolute Gasteiger partial charge is 0.307 e. The summed E-state index contributed by atoms with van der Waals surface area (Å²) in [5.74, 6) is -0.671. The van der Waals surface area contributed by atoms with Crippen LogP contribution >= 0.6 is 0 Å². The average Bonchev–Trinajstić information content (AvgIpc) is 2.91. The predicted octanol–water partition coefficient (Wildman–Crippen LogP) is 0.326. The molecule has 0 aliphatic heterocycles. The van der Waals surface area contributed by atoms with E-state index >= 15 is 0 Å². The van der Waals surface area contributed by atoms with Crippen LogP contribution in [0.4, 0.5) is 0 Å². The molecule has 0 unspecified atom stereocenters. The second-order valence-electron chi connectivity index (χ2n) is 3.50. The van der Waals surface area contributed by atoms with Gasteiger partial charge in [0.1, 0.15) is 6.26 Å². The minimum absolute atomic E-state index is 0.129. The molecule has 0 aliphatic rings. The number of rotatable bonds is 7. The standard InChI is InChI=1S/C11H16N2O5/c1-16-8-6-13(5-3-10(14)17-2)11(15)9-4-7-18-12-9/h4,7H,3,5-6,8H2,1-2H3. The molecule has 1 heterocycles. The number of amides is 1. The van der Waals surface area contributed by atoms with Crippen LogP contribution in [0.5, 0.6) is 0 Å². The van der Waals surface area contributed by atoms with Crippen LogP contribution in [0.15, 0.2) is 16.9 Å². The molecule has 1 amide bonds. The molecule has 1 aromatic rings. The number of esters is 1. The zero-order chi connectivity index (χ0) is 13.4. The summed E-state index contributed by atoms with van der Waals surface area (Å²) in [5, 5.41) is 3.57. The Hall–Kier alpha value is -1.89. The van der Waals surface area contributed by atoms with E-state index in [1.165, 1.54) is 24.3 Å². The van der Waals surface area contributed by atoms with Crippen molar-refractivity contribution in [2.24, 2.45) is 0 Å². The molecule has 0 fully saturated rings. The van der Waals surface area contributed by atoms with Crippen LogP contribution in [0, 0.1) is 0 Å². The maximum Gasteiger partial charge on any atom is 0.307 e. The van der Waals surface area contributed by atoms with Crippen molar-refractivity contribution in [3.05, 3.63) is 18.0 Å². The number of hydrogen-bond acceptors (Lipinski definition) is 6. The Labute approximate surface area is 105 Å². The molecule has 0 aromatic carbocycles. The van der Waals surface area contributed by atoms with Crippen LogP contribution in [0.25, 0.3) is 0 Å². The van der Waals surface area contributed by atoms with Gasteiger partial charge in [0.05, 0.1) is 20.1 Å². The lowest BCUT2D eigenvalue weighted by Gasteiger charge is -2.20. The van der Waals surface area contributed by atoms with Gasteiger partial charge in [-0.2, -0.15) is 0 Å². The summed E-state index contributed by atoms with van der Waals surface area (Å²) in [4.78, 5) is 24.6. The van der Waals surface area contributed by atoms with Gasteiger partial charge in [0, 0.05) is 26.3 Å². The molecule has 1 rings (SSSR count). The number of nitrogens with zero attached hydrogens (tertiary/aromatic N) is 2. The fourth-order valence-corrected chi connectivity index (χ4v) is 1.33. The lowest BCUT2D eigenvalue weighted by atomic mass is 10.3. The minimum atomic E-state index is -0.370. The molecule has 100 valence electrons. The third-order valence-electron chi connectivity index (χ3n) is 2.32. The highest BCUT2D eigenvalue weighted by Gasteiger charge is 2.19. The van der Waals surface area contributed by atoms with Gasteiger partial charge in [-0.05, 0) is 0 Å². The Morgan fingerprint density at radius 2 is 2.17 bits per heavy atom. The van der Waals surface area contributed by atoms with Crippen LogP contribution in [0.3, 0.4) is 0 Å². The fourth-order valence-electron chi connectivity index (χ4n) is 1.33. The molecule has 0 aliphatic carbocycles. The number of methoxy groups -OCH3 is 2. The number of ether oxygens (including phenoxy) is 2. The first-order valence-electron chi connectivity index (χ1n) is 5.44. The monoisotopic (exact) mass is 256 g/mol. The SMILES string of the molecule is COCCN(CCC(=O)OC)C(=O)c1ccon1. The van der Waals surface area contributed by atoms with Gasteiger partial charge in [0.2, 0.25) is 0 Å². The maximum absolute atomic E-state index is 12.0. The van der Waals surface area contributed by atoms with Gasteiger partial charge in [-0.3, -0.25) is 9.59 Å². The van der Waals surface area contributed by atoms with Crippen molar-refractivity contribution in [1.29, 1.82) is 0 Å². The fraction of sp³-hybridized carbons (Fsp3) is 0.545. The van der Waals surface area contributed by atoms with Crippen molar-refractivity contribution in [3.63, 3.8) is 0 Å². The highest BCUT2D eigenvalue weighted by molar-refractivity contribution is 5.92. The van der Waals surface area contributed by atoms with E-state index in [4.69, 9.17) is 4.74 Å². The Bertz CT molecular complexity index is 377. The van der Waals surface area contributed by atoms with E-state index in [1.807, 2.05) is 0 Å². The zero-order valence-electron chi connectivity index (χ0n) is 10.4. The zero-order valence-corrected chi connectivity index (χ0v) is 10.4. The first-order chi connectivity index (χ1) is 8.69. The van der Waals surface area contributed by atoms with Crippen LogP contribution in [0.1, 0.15) is 16.9 Å². The molecule has 0 atom stereocenters. The topological polar surface area (TPSA) is 81.9 Å². The Kier molecular flexibility index (Phi) is 5.86. The van der Waals surface area contributed by atoms with E-state index in [2.05, 4.69) is 14.4 Å². The van der Waals surface area contributed by atoms with Gasteiger partial charge >= 0.3 is 5.97 Å². The van der Waals surface area contributed by atoms with Crippen molar-refractivity contribution >= 4 is 11.9 Å². The quantitative estimate of drug-likeness (QED) is 0.654. The predicted molar refractivity (Wildman–Crippen MR) is 60.9 cm³/mol. The molecule has 18 heavy (non-hydrogen) atoms. The van der Waals surface area contributed by atoms with Crippen molar-refractivity contribution in [2.75, 3.05) is 33.9 Å². The number of aromatic nitrogens is 1. The summed E-state index contributed by atoms with van der Waals surface area (Å²) in [7, 11) is 2.85. The first kappa shape index (κ1) is 14.2. The van der Waals surface area contributed by atoms with Crippen molar-refractivity contribution in [3.8, 4) is 0 Å². The second-order valence-corrected chi connectivity index (χ2v) is 3.50. The normalized spacial score (nSPS) is 10.1. The number of carbonyl (C=O) groups is 2. The molecular weight excluding hydrogens is 240 g/mol. The Morgan fingerprint density at radius 1 is 1.39 bits per heavy atom. The lowest BCUT2D eigenvalue weighted by molar-refractivity contribution is -0.140. The van der Waals surface area contributed by atoms with Gasteiger partial charge in [0.15, 0.2) is 5.69 Å². The summed E-state index contributed by atoms with van der Waals surface area (Å²) < 4.78 is 14.1. The molecule has 0 spiro atoms. The van der Waals surface area contributed by atoms with E-state index in [1.54, 1.807) is 7.11 Å². The highest BCUT2D eigenvalue weighted by atomic mass is 16.5. The van der Waals surface area contributed by atoms with Crippen molar-refractivity contribution in [2.45, 2.75) is 6.42 Å². The van der Waals surface area contributed by atoms with Gasteiger partial charge < -0.3 is 18.9 Å². The summed E-state index contributed by atoms with van der Waals surface area (Å²) >= 11 is 0. The van der Waals surface area contributed by atoms with Crippen molar-refractivity contribution in [1.82, 2.24) is 10.1 Å². The van der Waals surface area contributed by atoms with Gasteiger partial charge in [0.25, 0.3) is 5.91 Å². The average molecular weight is 256 g/mol. The lowest BCUT2D eigenvalue weighted by Crippen LogP contribution is -2.36. The van der Waals surface area contributed by atoms with Crippen LogP contribution < -0.4 is 0 Å². The van der Waals surface area contributed by atoms with E-state index in [-0.39, 0.29) is 30.5 Å². The first-order valence-corrected chi connectivity index (χ1v) is 5.44. The van der Waals surface area contributed by atoms with Crippen LogP contribution in [-0.2, 0) is 14.3 Å². The molecule has 7 heteroatoms. The summed E-state index contributed by atoms with van der Waals surface area (Å²) in [6, 6.07) is 1.47. The molecule has 0 N–H and O–H groups in total. The Morgan fingerprint density at radius 3 is 2.72 bits per heavy atom. The summed E-state index contributed by atoms with van der Waals surface area (Å²) in [6.45, 7) is 1.01. The maximum atomic E-state index is 12.0. The molecule has 0 saturated heterocycles. The second kappa shape index (κ2) is 7.44. The van der Waals surface area contributed by atoms with Gasteiger partial charge in [-0.15, -0.1) is 0 Å². The van der Waals surface area contributed by atoms with Gasteiger partial charge in [-0.25, -0.2) is 0 Å². The summed E-state index contributed by atoms with van der Waals surface area (Å²) in [6.07, 6.45) is 1.45. The van der Waals surface area contributed by atoms with Crippen LogP contribution in [0.2, 0.25) is 0 Å². The van der Waals surface area contributed by atoms with E-state index in [0.717, 1.165) is 0 Å². The summed E-state index contributed by atoms with van der Waals surface area (Å²) in [5.41, 5.74) is 0.205. The molecule has 7 nitrogen and oxygen atoms in total. The molecule has 0 bridgehead atoms. The Balaban J connectivity index is 2.59. The molecule has 1 aromatic heterocycles. The molecule has 0 radical (unpaired) electrons. The third kappa shape index (κ3) is 4.17. The van der Waals surface area contributed by atoms with Crippen LogP contribution in [-0.4, -0.2) is 55.8 Å². The third-order valence-corrected chi connectivity index (χ3v) is 2.32. The van der Waals surface area contributed by atoms with E-state index < -0.39 is 0 Å². The molecule has 0 saturated carbocycles. The number of carbonyl (C=O) groups excluding carboxylic acids is 2. The van der Waals surface area contributed by atoms with Crippen molar-refractivity contribution < 1.29 is 23.6 Å². The largest absolute Gasteiger partial charge is 0.469 e. The molecular formula is C11H16N2O5. The van der Waals surface area contributed by atoms with Gasteiger partial charge in [-0.1, -0.05) is 5.16 Å².